The second-order valence-corrected chi connectivity index (χ2v) is 7.05. The Morgan fingerprint density at radius 2 is 1.53 bits per heavy atom. The van der Waals surface area contributed by atoms with Crippen molar-refractivity contribution in [3.8, 4) is 0 Å². The van der Waals surface area contributed by atoms with E-state index in [1.165, 1.54) is 24.0 Å². The minimum absolute atomic E-state index is 0.244. The van der Waals surface area contributed by atoms with E-state index in [1.807, 2.05) is 0 Å². The molecule has 0 atom stereocenters. The monoisotopic (exact) mass is 258 g/mol. The SMILES string of the molecule is Cc1cc(C)c(C(=O)C2CCC(C)(C)CC2)cc1C. The Morgan fingerprint density at radius 1 is 1.00 bits per heavy atom. The molecule has 1 saturated carbocycles. The zero-order valence-corrected chi connectivity index (χ0v) is 13.0. The van der Waals surface area contributed by atoms with Gasteiger partial charge in [0.25, 0.3) is 0 Å². The van der Waals surface area contributed by atoms with Crippen LogP contribution in [-0.2, 0) is 0 Å². The predicted molar refractivity (Wildman–Crippen MR) is 80.7 cm³/mol. The van der Waals surface area contributed by atoms with E-state index in [0.29, 0.717) is 11.2 Å². The lowest BCUT2D eigenvalue weighted by Gasteiger charge is -2.33. The number of hydrogen-bond acceptors (Lipinski definition) is 1. The normalized spacial score (nSPS) is 19.4. The van der Waals surface area contributed by atoms with Gasteiger partial charge in [0.05, 0.1) is 0 Å². The van der Waals surface area contributed by atoms with E-state index in [2.05, 4.69) is 46.8 Å². The summed E-state index contributed by atoms with van der Waals surface area (Å²) in [4.78, 5) is 12.7. The van der Waals surface area contributed by atoms with E-state index in [1.54, 1.807) is 0 Å². The van der Waals surface area contributed by atoms with Crippen LogP contribution in [0, 0.1) is 32.1 Å². The number of rotatable bonds is 2. The first kappa shape index (κ1) is 14.3. The van der Waals surface area contributed by atoms with Crippen molar-refractivity contribution in [1.29, 1.82) is 0 Å². The largest absolute Gasteiger partial charge is 0.294 e. The molecule has 1 aromatic carbocycles. The molecule has 0 saturated heterocycles. The summed E-state index contributed by atoms with van der Waals surface area (Å²) in [5, 5.41) is 0. The highest BCUT2D eigenvalue weighted by atomic mass is 16.1. The van der Waals surface area contributed by atoms with E-state index in [4.69, 9.17) is 0 Å². The molecule has 19 heavy (non-hydrogen) atoms. The van der Waals surface area contributed by atoms with Gasteiger partial charge in [0.2, 0.25) is 0 Å². The molecule has 0 aliphatic heterocycles. The van der Waals surface area contributed by atoms with E-state index in [-0.39, 0.29) is 5.92 Å². The highest BCUT2D eigenvalue weighted by molar-refractivity contribution is 5.99. The quantitative estimate of drug-likeness (QED) is 0.681. The van der Waals surface area contributed by atoms with Crippen molar-refractivity contribution in [3.63, 3.8) is 0 Å². The second kappa shape index (κ2) is 5.11. The molecule has 0 radical (unpaired) electrons. The minimum atomic E-state index is 0.244. The summed E-state index contributed by atoms with van der Waals surface area (Å²) < 4.78 is 0. The van der Waals surface area contributed by atoms with Crippen LogP contribution in [0.4, 0.5) is 0 Å². The van der Waals surface area contributed by atoms with E-state index >= 15 is 0 Å². The van der Waals surface area contributed by atoms with Gasteiger partial charge in [-0.15, -0.1) is 0 Å². The third kappa shape index (κ3) is 3.08. The Bertz CT molecular complexity index is 487. The molecule has 0 unspecified atom stereocenters. The van der Waals surface area contributed by atoms with Gasteiger partial charge in [0, 0.05) is 11.5 Å². The summed E-state index contributed by atoms with van der Waals surface area (Å²) in [5.74, 6) is 0.616. The van der Waals surface area contributed by atoms with Crippen LogP contribution < -0.4 is 0 Å². The Balaban J connectivity index is 2.19. The van der Waals surface area contributed by atoms with Crippen molar-refractivity contribution in [2.75, 3.05) is 0 Å². The topological polar surface area (TPSA) is 17.1 Å². The van der Waals surface area contributed by atoms with Crippen LogP contribution in [-0.4, -0.2) is 5.78 Å². The number of hydrogen-bond donors (Lipinski definition) is 0. The van der Waals surface area contributed by atoms with E-state index in [9.17, 15) is 4.79 Å². The maximum Gasteiger partial charge on any atom is 0.166 e. The summed E-state index contributed by atoms with van der Waals surface area (Å²) in [7, 11) is 0. The number of ketones is 1. The lowest BCUT2D eigenvalue weighted by Crippen LogP contribution is -2.26. The molecule has 104 valence electrons. The van der Waals surface area contributed by atoms with E-state index < -0.39 is 0 Å². The van der Waals surface area contributed by atoms with Gasteiger partial charge in [0.1, 0.15) is 0 Å². The van der Waals surface area contributed by atoms with Crippen LogP contribution in [0.2, 0.25) is 0 Å². The maximum absolute atomic E-state index is 12.7. The molecule has 1 fully saturated rings. The Morgan fingerprint density at radius 3 is 2.11 bits per heavy atom. The summed E-state index contributed by atoms with van der Waals surface area (Å²) >= 11 is 0. The molecule has 0 aromatic heterocycles. The van der Waals surface area contributed by atoms with Crippen LogP contribution in [0.1, 0.15) is 66.6 Å². The van der Waals surface area contributed by atoms with Crippen molar-refractivity contribution in [1.82, 2.24) is 0 Å². The van der Waals surface area contributed by atoms with Gasteiger partial charge in [-0.1, -0.05) is 19.9 Å². The predicted octanol–water partition coefficient (Wildman–Crippen LogP) is 5.01. The number of Topliss-reactive ketones (excluding diaryl/α,β-unsaturated/α-hetero) is 1. The molecule has 2 rings (SSSR count). The minimum Gasteiger partial charge on any atom is -0.294 e. The molecule has 1 aliphatic rings. The van der Waals surface area contributed by atoms with Crippen molar-refractivity contribution in [3.05, 3.63) is 34.4 Å². The zero-order chi connectivity index (χ0) is 14.2. The number of carbonyl (C=O) groups excluding carboxylic acids is 1. The lowest BCUT2D eigenvalue weighted by molar-refractivity contribution is 0.0837. The molecule has 1 aromatic rings. The Hall–Kier alpha value is -1.11. The third-order valence-corrected chi connectivity index (χ3v) is 4.82. The fraction of sp³-hybridized carbons (Fsp3) is 0.611. The van der Waals surface area contributed by atoms with Crippen LogP contribution in [0.25, 0.3) is 0 Å². The van der Waals surface area contributed by atoms with Crippen LogP contribution in [0.5, 0.6) is 0 Å². The first-order valence-corrected chi connectivity index (χ1v) is 7.42. The average molecular weight is 258 g/mol. The summed E-state index contributed by atoms with van der Waals surface area (Å²) in [6.45, 7) is 10.9. The van der Waals surface area contributed by atoms with Crippen LogP contribution in [0.3, 0.4) is 0 Å². The van der Waals surface area contributed by atoms with Gasteiger partial charge < -0.3 is 0 Å². The third-order valence-electron chi connectivity index (χ3n) is 4.82. The van der Waals surface area contributed by atoms with Crippen molar-refractivity contribution in [2.45, 2.75) is 60.3 Å². The van der Waals surface area contributed by atoms with Crippen molar-refractivity contribution in [2.24, 2.45) is 11.3 Å². The average Bonchev–Trinajstić information content (AvgIpc) is 2.33. The number of aryl methyl sites for hydroxylation is 3. The lowest BCUT2D eigenvalue weighted by atomic mass is 9.71. The Kier molecular flexibility index (Phi) is 3.85. The molecule has 1 heteroatoms. The van der Waals surface area contributed by atoms with Gasteiger partial charge in [-0.3, -0.25) is 4.79 Å². The van der Waals surface area contributed by atoms with Gasteiger partial charge >= 0.3 is 0 Å². The Labute approximate surface area is 117 Å². The molecule has 0 heterocycles. The van der Waals surface area contributed by atoms with Gasteiger partial charge in [-0.25, -0.2) is 0 Å². The molecule has 0 spiro atoms. The fourth-order valence-electron chi connectivity index (χ4n) is 3.11. The zero-order valence-electron chi connectivity index (χ0n) is 13.0. The first-order chi connectivity index (χ1) is 8.80. The summed E-state index contributed by atoms with van der Waals surface area (Å²) in [6, 6.07) is 4.24. The standard InChI is InChI=1S/C18H26O/c1-12-10-14(3)16(11-13(12)2)17(19)15-6-8-18(4,5)9-7-15/h10-11,15H,6-9H2,1-5H3. The molecule has 1 aliphatic carbocycles. The summed E-state index contributed by atoms with van der Waals surface area (Å²) in [5.41, 5.74) is 5.02. The van der Waals surface area contributed by atoms with E-state index in [0.717, 1.165) is 24.0 Å². The van der Waals surface area contributed by atoms with Crippen LogP contribution in [0.15, 0.2) is 12.1 Å². The van der Waals surface area contributed by atoms with Crippen LogP contribution >= 0.6 is 0 Å². The molecule has 0 bridgehead atoms. The van der Waals surface area contributed by atoms with Gasteiger partial charge in [-0.2, -0.15) is 0 Å². The molecule has 0 amide bonds. The molecule has 0 N–H and O–H groups in total. The van der Waals surface area contributed by atoms with Gasteiger partial charge in [-0.05, 0) is 74.6 Å². The van der Waals surface area contributed by atoms with Crippen molar-refractivity contribution >= 4 is 5.78 Å². The highest BCUT2D eigenvalue weighted by Crippen LogP contribution is 2.39. The smallest absolute Gasteiger partial charge is 0.166 e. The molecule has 1 nitrogen and oxygen atoms in total. The second-order valence-electron chi connectivity index (χ2n) is 7.05. The van der Waals surface area contributed by atoms with Gasteiger partial charge in [0.15, 0.2) is 5.78 Å². The summed E-state index contributed by atoms with van der Waals surface area (Å²) in [6.07, 6.45) is 4.46. The highest BCUT2D eigenvalue weighted by Gasteiger charge is 2.31. The van der Waals surface area contributed by atoms with Crippen molar-refractivity contribution < 1.29 is 4.79 Å². The number of benzene rings is 1. The molecular formula is C18H26O. The maximum atomic E-state index is 12.7. The number of carbonyl (C=O) groups is 1. The molecular weight excluding hydrogens is 232 g/mol. The first-order valence-electron chi connectivity index (χ1n) is 7.42. The fourth-order valence-corrected chi connectivity index (χ4v) is 3.11.